The van der Waals surface area contributed by atoms with E-state index in [1.165, 1.54) is 0 Å². The maximum atomic E-state index is 12.5. The SMILES string of the molecule is CCc1ccc(OC)c(C(=O)N2CCC(O)CC2)c1. The van der Waals surface area contributed by atoms with E-state index in [1.54, 1.807) is 12.0 Å². The Morgan fingerprint density at radius 3 is 2.68 bits per heavy atom. The monoisotopic (exact) mass is 263 g/mol. The third kappa shape index (κ3) is 3.07. The van der Waals surface area contributed by atoms with Gasteiger partial charge in [-0.25, -0.2) is 0 Å². The van der Waals surface area contributed by atoms with Gasteiger partial charge in [-0.1, -0.05) is 13.0 Å². The van der Waals surface area contributed by atoms with E-state index in [0.717, 1.165) is 12.0 Å². The molecule has 2 rings (SSSR count). The second-order valence-electron chi connectivity index (χ2n) is 4.91. The minimum atomic E-state index is -0.270. The van der Waals surface area contributed by atoms with Crippen LogP contribution in [0.25, 0.3) is 0 Å². The number of hydrogen-bond acceptors (Lipinski definition) is 3. The predicted molar refractivity (Wildman–Crippen MR) is 73.5 cm³/mol. The molecule has 1 aliphatic rings. The molecule has 0 radical (unpaired) electrons. The number of ether oxygens (including phenoxy) is 1. The summed E-state index contributed by atoms with van der Waals surface area (Å²) in [5.74, 6) is 0.618. The van der Waals surface area contributed by atoms with Gasteiger partial charge in [-0.3, -0.25) is 4.79 Å². The van der Waals surface area contributed by atoms with Gasteiger partial charge in [-0.2, -0.15) is 0 Å². The summed E-state index contributed by atoms with van der Waals surface area (Å²) >= 11 is 0. The number of carbonyl (C=O) groups excluding carboxylic acids is 1. The van der Waals surface area contributed by atoms with E-state index in [4.69, 9.17) is 4.74 Å². The summed E-state index contributed by atoms with van der Waals surface area (Å²) in [5.41, 5.74) is 1.75. The number of aliphatic hydroxyl groups is 1. The second kappa shape index (κ2) is 6.06. The van der Waals surface area contributed by atoms with Crippen molar-refractivity contribution in [1.82, 2.24) is 4.90 Å². The molecule has 4 heteroatoms. The van der Waals surface area contributed by atoms with Gasteiger partial charge >= 0.3 is 0 Å². The molecule has 104 valence electrons. The fraction of sp³-hybridized carbons (Fsp3) is 0.533. The van der Waals surface area contributed by atoms with Crippen LogP contribution in [0.5, 0.6) is 5.75 Å². The Labute approximate surface area is 114 Å². The third-order valence-electron chi connectivity index (χ3n) is 3.65. The van der Waals surface area contributed by atoms with Gasteiger partial charge in [-0.15, -0.1) is 0 Å². The first kappa shape index (κ1) is 13.9. The average molecular weight is 263 g/mol. The van der Waals surface area contributed by atoms with E-state index in [0.29, 0.717) is 37.2 Å². The Hall–Kier alpha value is -1.55. The van der Waals surface area contributed by atoms with Gasteiger partial charge < -0.3 is 14.7 Å². The molecule has 1 heterocycles. The Kier molecular flexibility index (Phi) is 4.43. The largest absolute Gasteiger partial charge is 0.496 e. The molecule has 1 aliphatic heterocycles. The van der Waals surface area contributed by atoms with Crippen LogP contribution in [-0.2, 0) is 6.42 Å². The van der Waals surface area contributed by atoms with Crippen molar-refractivity contribution in [3.63, 3.8) is 0 Å². The maximum absolute atomic E-state index is 12.5. The number of benzene rings is 1. The molecular formula is C15H21NO3. The fourth-order valence-corrected chi connectivity index (χ4v) is 2.38. The van der Waals surface area contributed by atoms with Crippen LogP contribution in [0, 0.1) is 0 Å². The first-order valence-corrected chi connectivity index (χ1v) is 6.80. The topological polar surface area (TPSA) is 49.8 Å². The van der Waals surface area contributed by atoms with Crippen LogP contribution in [0.1, 0.15) is 35.7 Å². The zero-order valence-electron chi connectivity index (χ0n) is 11.6. The summed E-state index contributed by atoms with van der Waals surface area (Å²) in [6.45, 7) is 3.28. The number of carbonyl (C=O) groups is 1. The van der Waals surface area contributed by atoms with Crippen molar-refractivity contribution in [2.45, 2.75) is 32.3 Å². The second-order valence-corrected chi connectivity index (χ2v) is 4.91. The molecule has 1 fully saturated rings. The zero-order valence-corrected chi connectivity index (χ0v) is 11.6. The molecule has 0 atom stereocenters. The van der Waals surface area contributed by atoms with Gasteiger partial charge in [0.25, 0.3) is 5.91 Å². The Morgan fingerprint density at radius 2 is 2.11 bits per heavy atom. The van der Waals surface area contributed by atoms with Crippen molar-refractivity contribution in [2.24, 2.45) is 0 Å². The van der Waals surface area contributed by atoms with Crippen LogP contribution in [0.3, 0.4) is 0 Å². The van der Waals surface area contributed by atoms with Crippen molar-refractivity contribution in [2.75, 3.05) is 20.2 Å². The number of aryl methyl sites for hydroxylation is 1. The molecule has 0 saturated carbocycles. The molecule has 1 aromatic carbocycles. The van der Waals surface area contributed by atoms with Crippen molar-refractivity contribution in [1.29, 1.82) is 0 Å². The van der Waals surface area contributed by atoms with Gasteiger partial charge in [-0.05, 0) is 37.0 Å². The molecule has 1 N–H and O–H groups in total. The highest BCUT2D eigenvalue weighted by molar-refractivity contribution is 5.97. The number of hydrogen-bond donors (Lipinski definition) is 1. The van der Waals surface area contributed by atoms with Crippen molar-refractivity contribution in [3.8, 4) is 5.75 Å². The number of piperidine rings is 1. The highest BCUT2D eigenvalue weighted by Gasteiger charge is 2.24. The van der Waals surface area contributed by atoms with Crippen molar-refractivity contribution in [3.05, 3.63) is 29.3 Å². The van der Waals surface area contributed by atoms with E-state index in [1.807, 2.05) is 18.2 Å². The van der Waals surface area contributed by atoms with Crippen LogP contribution in [-0.4, -0.2) is 42.2 Å². The minimum absolute atomic E-state index is 0.000880. The van der Waals surface area contributed by atoms with Gasteiger partial charge in [0.1, 0.15) is 5.75 Å². The van der Waals surface area contributed by atoms with E-state index in [2.05, 4.69) is 6.92 Å². The van der Waals surface area contributed by atoms with Gasteiger partial charge in [0.15, 0.2) is 0 Å². The van der Waals surface area contributed by atoms with Crippen LogP contribution in [0.4, 0.5) is 0 Å². The third-order valence-corrected chi connectivity index (χ3v) is 3.65. The number of amides is 1. The van der Waals surface area contributed by atoms with Crippen LogP contribution < -0.4 is 4.74 Å². The van der Waals surface area contributed by atoms with Crippen LogP contribution >= 0.6 is 0 Å². The summed E-state index contributed by atoms with van der Waals surface area (Å²) in [4.78, 5) is 14.3. The molecule has 0 unspecified atom stereocenters. The van der Waals surface area contributed by atoms with Crippen molar-refractivity contribution >= 4 is 5.91 Å². The van der Waals surface area contributed by atoms with Crippen molar-refractivity contribution < 1.29 is 14.6 Å². The van der Waals surface area contributed by atoms with E-state index >= 15 is 0 Å². The molecule has 0 bridgehead atoms. The molecule has 1 amide bonds. The standard InChI is InChI=1S/C15H21NO3/c1-3-11-4-5-14(19-2)13(10-11)15(18)16-8-6-12(17)7-9-16/h4-5,10,12,17H,3,6-9H2,1-2H3. The zero-order chi connectivity index (χ0) is 13.8. The quantitative estimate of drug-likeness (QED) is 0.905. The molecule has 4 nitrogen and oxygen atoms in total. The lowest BCUT2D eigenvalue weighted by molar-refractivity contribution is 0.0544. The Bertz CT molecular complexity index is 451. The summed E-state index contributed by atoms with van der Waals surface area (Å²) in [7, 11) is 1.58. The minimum Gasteiger partial charge on any atom is -0.496 e. The highest BCUT2D eigenvalue weighted by atomic mass is 16.5. The molecule has 19 heavy (non-hydrogen) atoms. The highest BCUT2D eigenvalue weighted by Crippen LogP contribution is 2.23. The molecule has 0 aromatic heterocycles. The molecule has 0 aliphatic carbocycles. The average Bonchev–Trinajstić information content (AvgIpc) is 2.46. The first-order valence-electron chi connectivity index (χ1n) is 6.80. The van der Waals surface area contributed by atoms with Gasteiger partial charge in [0.05, 0.1) is 18.8 Å². The Balaban J connectivity index is 2.22. The number of rotatable bonds is 3. The van der Waals surface area contributed by atoms with E-state index < -0.39 is 0 Å². The lowest BCUT2D eigenvalue weighted by Gasteiger charge is -2.30. The summed E-state index contributed by atoms with van der Waals surface area (Å²) in [6.07, 6.45) is 1.93. The number of nitrogens with zero attached hydrogens (tertiary/aromatic N) is 1. The molecule has 1 aromatic rings. The number of methoxy groups -OCH3 is 1. The Morgan fingerprint density at radius 1 is 1.42 bits per heavy atom. The number of likely N-dealkylation sites (tertiary alicyclic amines) is 1. The fourth-order valence-electron chi connectivity index (χ4n) is 2.38. The lowest BCUT2D eigenvalue weighted by Crippen LogP contribution is -2.40. The lowest BCUT2D eigenvalue weighted by atomic mass is 10.0. The summed E-state index contributed by atoms with van der Waals surface area (Å²) in [5, 5.41) is 9.50. The van der Waals surface area contributed by atoms with Gasteiger partial charge in [0, 0.05) is 13.1 Å². The van der Waals surface area contributed by atoms with E-state index in [-0.39, 0.29) is 12.0 Å². The van der Waals surface area contributed by atoms with Crippen LogP contribution in [0.15, 0.2) is 18.2 Å². The number of aliphatic hydroxyl groups excluding tert-OH is 1. The molecular weight excluding hydrogens is 242 g/mol. The van der Waals surface area contributed by atoms with Gasteiger partial charge in [0.2, 0.25) is 0 Å². The maximum Gasteiger partial charge on any atom is 0.257 e. The first-order chi connectivity index (χ1) is 9.15. The summed E-state index contributed by atoms with van der Waals surface area (Å²) < 4.78 is 5.28. The molecule has 1 saturated heterocycles. The normalized spacial score (nSPS) is 16.5. The predicted octanol–water partition coefficient (Wildman–Crippen LogP) is 1.85. The molecule has 0 spiro atoms. The van der Waals surface area contributed by atoms with E-state index in [9.17, 15) is 9.90 Å². The van der Waals surface area contributed by atoms with Crippen LogP contribution in [0.2, 0.25) is 0 Å². The summed E-state index contributed by atoms with van der Waals surface area (Å²) in [6, 6.07) is 5.74. The smallest absolute Gasteiger partial charge is 0.257 e.